The standard InChI is InChI=1S/C11H9ClO3/c12-9-4-7(10(13)6-1-2-6)3-8(5-9)11(14)15/h3-6H,1-2H2,(H,14,15). The first kappa shape index (κ1) is 10.2. The maximum absolute atomic E-state index is 11.7. The van der Waals surface area contributed by atoms with Crippen LogP contribution in [-0.4, -0.2) is 16.9 Å². The Hall–Kier alpha value is -1.35. The second-order valence-corrected chi connectivity index (χ2v) is 4.11. The zero-order valence-electron chi connectivity index (χ0n) is 7.87. The highest BCUT2D eigenvalue weighted by atomic mass is 35.5. The van der Waals surface area contributed by atoms with Gasteiger partial charge >= 0.3 is 5.97 Å². The Morgan fingerprint density at radius 3 is 2.33 bits per heavy atom. The molecule has 4 heteroatoms. The molecule has 15 heavy (non-hydrogen) atoms. The average molecular weight is 225 g/mol. The summed E-state index contributed by atoms with van der Waals surface area (Å²) in [5, 5.41) is 9.09. The zero-order valence-corrected chi connectivity index (χ0v) is 8.62. The molecule has 0 radical (unpaired) electrons. The van der Waals surface area contributed by atoms with Crippen LogP contribution in [-0.2, 0) is 0 Å². The monoisotopic (exact) mass is 224 g/mol. The largest absolute Gasteiger partial charge is 0.478 e. The van der Waals surface area contributed by atoms with Gasteiger partial charge in [-0.1, -0.05) is 11.6 Å². The summed E-state index contributed by atoms with van der Waals surface area (Å²) in [7, 11) is 0. The molecule has 0 bridgehead atoms. The fourth-order valence-electron chi connectivity index (χ4n) is 1.44. The quantitative estimate of drug-likeness (QED) is 0.803. The molecule has 78 valence electrons. The number of Topliss-reactive ketones (excluding diaryl/α,β-unsaturated/α-hetero) is 1. The summed E-state index contributed by atoms with van der Waals surface area (Å²) >= 11 is 5.75. The number of carbonyl (C=O) groups is 2. The second kappa shape index (κ2) is 3.66. The molecule has 1 aromatic carbocycles. The van der Waals surface area contributed by atoms with Gasteiger partial charge in [0.05, 0.1) is 5.56 Å². The molecule has 0 saturated heterocycles. The van der Waals surface area contributed by atoms with Gasteiger partial charge in [0.2, 0.25) is 0 Å². The van der Waals surface area contributed by atoms with E-state index in [1.807, 2.05) is 0 Å². The first-order valence-electron chi connectivity index (χ1n) is 4.66. The number of carbonyl (C=O) groups excluding carboxylic acids is 1. The van der Waals surface area contributed by atoms with E-state index < -0.39 is 5.97 Å². The van der Waals surface area contributed by atoms with Crippen LogP contribution >= 0.6 is 11.6 Å². The van der Waals surface area contributed by atoms with E-state index in [-0.39, 0.29) is 17.3 Å². The minimum absolute atomic E-state index is 0.000000000000000444. The van der Waals surface area contributed by atoms with E-state index in [9.17, 15) is 9.59 Å². The van der Waals surface area contributed by atoms with E-state index in [4.69, 9.17) is 16.7 Å². The number of aromatic carboxylic acids is 1. The third-order valence-corrected chi connectivity index (χ3v) is 2.60. The van der Waals surface area contributed by atoms with Gasteiger partial charge in [-0.15, -0.1) is 0 Å². The fraction of sp³-hybridized carbons (Fsp3) is 0.273. The van der Waals surface area contributed by atoms with E-state index in [2.05, 4.69) is 0 Å². The number of carboxylic acid groups (broad SMARTS) is 1. The van der Waals surface area contributed by atoms with Gasteiger partial charge in [-0.2, -0.15) is 0 Å². The highest BCUT2D eigenvalue weighted by molar-refractivity contribution is 6.31. The van der Waals surface area contributed by atoms with E-state index in [0.29, 0.717) is 10.6 Å². The third kappa shape index (κ3) is 2.18. The molecule has 3 nitrogen and oxygen atoms in total. The Bertz CT molecular complexity index is 435. The van der Waals surface area contributed by atoms with Crippen LogP contribution in [0.1, 0.15) is 33.6 Å². The molecule has 0 atom stereocenters. The molecule has 0 spiro atoms. The zero-order chi connectivity index (χ0) is 11.0. The lowest BCUT2D eigenvalue weighted by Crippen LogP contribution is -2.04. The molecule has 1 aliphatic rings. The van der Waals surface area contributed by atoms with Gasteiger partial charge in [0, 0.05) is 16.5 Å². The normalized spacial score (nSPS) is 15.0. The predicted octanol–water partition coefficient (Wildman–Crippen LogP) is 2.63. The second-order valence-electron chi connectivity index (χ2n) is 3.67. The molecule has 1 aromatic rings. The molecule has 1 N–H and O–H groups in total. The van der Waals surface area contributed by atoms with Crippen molar-refractivity contribution in [2.75, 3.05) is 0 Å². The summed E-state index contributed by atoms with van der Waals surface area (Å²) < 4.78 is 0. The van der Waals surface area contributed by atoms with Gasteiger partial charge < -0.3 is 5.11 Å². The predicted molar refractivity (Wildman–Crippen MR) is 55.5 cm³/mol. The number of carboxylic acids is 1. The highest BCUT2D eigenvalue weighted by Gasteiger charge is 2.30. The number of hydrogen-bond donors (Lipinski definition) is 1. The van der Waals surface area contributed by atoms with Crippen molar-refractivity contribution in [3.8, 4) is 0 Å². The summed E-state index contributed by atoms with van der Waals surface area (Å²) in [4.78, 5) is 22.4. The summed E-state index contributed by atoms with van der Waals surface area (Å²) in [5.74, 6) is -0.993. The van der Waals surface area contributed by atoms with Crippen LogP contribution < -0.4 is 0 Å². The Morgan fingerprint density at radius 2 is 1.80 bits per heavy atom. The molecule has 0 aromatic heterocycles. The smallest absolute Gasteiger partial charge is 0.335 e. The van der Waals surface area contributed by atoms with Crippen molar-refractivity contribution in [2.24, 2.45) is 5.92 Å². The minimum Gasteiger partial charge on any atom is -0.478 e. The Morgan fingerprint density at radius 1 is 1.20 bits per heavy atom. The number of halogens is 1. The van der Waals surface area contributed by atoms with Gasteiger partial charge in [-0.05, 0) is 31.0 Å². The van der Waals surface area contributed by atoms with Gasteiger partial charge in [0.15, 0.2) is 5.78 Å². The first-order chi connectivity index (χ1) is 7.08. The molecule has 0 aliphatic heterocycles. The van der Waals surface area contributed by atoms with E-state index in [1.54, 1.807) is 0 Å². The molecule has 0 heterocycles. The number of ketones is 1. The molecular formula is C11H9ClO3. The summed E-state index contributed by atoms with van der Waals surface area (Å²) in [6.07, 6.45) is 1.79. The molecule has 1 fully saturated rings. The van der Waals surface area contributed by atoms with Crippen LogP contribution in [0.2, 0.25) is 5.02 Å². The third-order valence-electron chi connectivity index (χ3n) is 2.38. The molecule has 0 amide bonds. The SMILES string of the molecule is O=C(O)c1cc(Cl)cc(C(=O)C2CC2)c1. The van der Waals surface area contributed by atoms with Crippen LogP contribution in [0.5, 0.6) is 0 Å². The van der Waals surface area contributed by atoms with Gasteiger partial charge in [0.1, 0.15) is 0 Å². The highest BCUT2D eigenvalue weighted by Crippen LogP contribution is 2.33. The van der Waals surface area contributed by atoms with Crippen LogP contribution in [0.25, 0.3) is 0 Å². The van der Waals surface area contributed by atoms with Crippen LogP contribution in [0.4, 0.5) is 0 Å². The molecule has 0 unspecified atom stereocenters. The van der Waals surface area contributed by atoms with E-state index in [1.165, 1.54) is 18.2 Å². The number of hydrogen-bond acceptors (Lipinski definition) is 2. The van der Waals surface area contributed by atoms with Crippen molar-refractivity contribution in [1.29, 1.82) is 0 Å². The molecular weight excluding hydrogens is 216 g/mol. The van der Waals surface area contributed by atoms with Crippen LogP contribution in [0, 0.1) is 5.92 Å². The number of rotatable bonds is 3. The number of benzene rings is 1. The van der Waals surface area contributed by atoms with Gasteiger partial charge in [-0.25, -0.2) is 4.79 Å². The van der Waals surface area contributed by atoms with Crippen molar-refractivity contribution in [3.63, 3.8) is 0 Å². The molecule has 1 saturated carbocycles. The van der Waals surface area contributed by atoms with Crippen molar-refractivity contribution < 1.29 is 14.7 Å². The fourth-order valence-corrected chi connectivity index (χ4v) is 1.67. The molecule has 1 aliphatic carbocycles. The maximum Gasteiger partial charge on any atom is 0.335 e. The lowest BCUT2D eigenvalue weighted by Gasteiger charge is -2.02. The molecule has 2 rings (SSSR count). The summed E-state index contributed by atoms with van der Waals surface area (Å²) in [5.41, 5.74) is 0.467. The lowest BCUT2D eigenvalue weighted by atomic mass is 10.0. The van der Waals surface area contributed by atoms with Crippen molar-refractivity contribution in [3.05, 3.63) is 34.3 Å². The van der Waals surface area contributed by atoms with Crippen LogP contribution in [0.15, 0.2) is 18.2 Å². The maximum atomic E-state index is 11.7. The van der Waals surface area contributed by atoms with Crippen LogP contribution in [0.3, 0.4) is 0 Å². The lowest BCUT2D eigenvalue weighted by molar-refractivity contribution is 0.0697. The average Bonchev–Trinajstić information content (AvgIpc) is 2.98. The Labute approximate surface area is 91.7 Å². The van der Waals surface area contributed by atoms with Gasteiger partial charge in [0.25, 0.3) is 0 Å². The van der Waals surface area contributed by atoms with E-state index in [0.717, 1.165) is 12.8 Å². The summed E-state index contributed by atoms with van der Waals surface area (Å²) in [6, 6.07) is 4.25. The van der Waals surface area contributed by atoms with Crippen molar-refractivity contribution >= 4 is 23.4 Å². The van der Waals surface area contributed by atoms with Crippen molar-refractivity contribution in [2.45, 2.75) is 12.8 Å². The Balaban J connectivity index is 2.38. The van der Waals surface area contributed by atoms with Gasteiger partial charge in [-0.3, -0.25) is 4.79 Å². The van der Waals surface area contributed by atoms with E-state index >= 15 is 0 Å². The van der Waals surface area contributed by atoms with Crippen molar-refractivity contribution in [1.82, 2.24) is 0 Å². The first-order valence-corrected chi connectivity index (χ1v) is 5.04. The Kier molecular flexibility index (Phi) is 2.49. The summed E-state index contributed by atoms with van der Waals surface area (Å²) in [6.45, 7) is 0. The minimum atomic E-state index is -1.07. The topological polar surface area (TPSA) is 54.4 Å².